The molecular formula is C23H39N6O4. The lowest BCUT2D eigenvalue weighted by molar-refractivity contribution is -0.526. The quantitative estimate of drug-likeness (QED) is 0.105. The summed E-state index contributed by atoms with van der Waals surface area (Å²) in [6.07, 6.45) is 8.72. The molecule has 33 heavy (non-hydrogen) atoms. The van der Waals surface area contributed by atoms with Crippen molar-refractivity contribution in [3.05, 3.63) is 16.7 Å². The van der Waals surface area contributed by atoms with E-state index in [1.165, 1.54) is 19.3 Å². The molecule has 0 aromatic rings. The van der Waals surface area contributed by atoms with Gasteiger partial charge in [0.2, 0.25) is 5.91 Å². The van der Waals surface area contributed by atoms with Gasteiger partial charge in [-0.05, 0) is 80.5 Å². The van der Waals surface area contributed by atoms with Crippen LogP contribution in [-0.2, 0) is 9.59 Å². The van der Waals surface area contributed by atoms with Crippen molar-refractivity contribution in [2.45, 2.75) is 90.6 Å². The number of amides is 2. The van der Waals surface area contributed by atoms with Crippen molar-refractivity contribution in [3.63, 3.8) is 0 Å². The Balaban J connectivity index is 1.75. The van der Waals surface area contributed by atoms with Crippen LogP contribution in [0.25, 0.3) is 0 Å². The fraction of sp³-hybridized carbons (Fsp3) is 0.826. The zero-order valence-corrected chi connectivity index (χ0v) is 20.0. The molecule has 4 aliphatic carbocycles. The minimum Gasteiger partial charge on any atom is -0.348 e. The van der Waals surface area contributed by atoms with E-state index in [1.54, 1.807) is 12.0 Å². The summed E-state index contributed by atoms with van der Waals surface area (Å²) in [7, 11) is 0. The number of carbonyl (C=O) groups excluding carboxylic acids is 2. The molecule has 0 spiro atoms. The summed E-state index contributed by atoms with van der Waals surface area (Å²) in [4.78, 5) is 37.4. The molecule has 1 radical (unpaired) electrons. The summed E-state index contributed by atoms with van der Waals surface area (Å²) < 4.78 is 0. The highest BCUT2D eigenvalue weighted by molar-refractivity contribution is 5.95. The Morgan fingerprint density at radius 3 is 2.21 bits per heavy atom. The molecule has 4 saturated carbocycles. The second kappa shape index (κ2) is 10.3. The van der Waals surface area contributed by atoms with Crippen molar-refractivity contribution in [1.82, 2.24) is 21.4 Å². The summed E-state index contributed by atoms with van der Waals surface area (Å²) in [5.41, 5.74) is 0.0769. The molecular weight excluding hydrogens is 424 g/mol. The first kappa shape index (κ1) is 25.2. The lowest BCUT2D eigenvalue weighted by atomic mass is 9.49. The van der Waals surface area contributed by atoms with E-state index in [-0.39, 0.29) is 17.7 Å². The number of rotatable bonds is 11. The Labute approximate surface area is 196 Å². The fourth-order valence-corrected chi connectivity index (χ4v) is 6.73. The molecule has 185 valence electrons. The van der Waals surface area contributed by atoms with E-state index in [0.29, 0.717) is 42.9 Å². The molecule has 10 heteroatoms. The number of guanidine groups is 1. The van der Waals surface area contributed by atoms with E-state index < -0.39 is 22.6 Å². The van der Waals surface area contributed by atoms with Gasteiger partial charge < -0.3 is 16.0 Å². The van der Waals surface area contributed by atoms with E-state index in [1.807, 2.05) is 20.8 Å². The first-order chi connectivity index (χ1) is 15.5. The SMILES string of the molecule is CCC[C@](NC(=N)N[N+](=O)[O-])(NC(=O)CC12CC3CC(CC(C3)C1)C2)C(=O)N[CH]CC(C)C. The first-order valence-electron chi connectivity index (χ1n) is 12.3. The summed E-state index contributed by atoms with van der Waals surface area (Å²) >= 11 is 0. The van der Waals surface area contributed by atoms with Crippen molar-refractivity contribution < 1.29 is 14.6 Å². The highest BCUT2D eigenvalue weighted by atomic mass is 16.7. The van der Waals surface area contributed by atoms with Crippen molar-refractivity contribution in [3.8, 4) is 0 Å². The second-order valence-electron chi connectivity index (χ2n) is 11.0. The molecule has 10 nitrogen and oxygen atoms in total. The van der Waals surface area contributed by atoms with Crippen LogP contribution in [0.4, 0.5) is 0 Å². The number of hydrogen-bond acceptors (Lipinski definition) is 5. The van der Waals surface area contributed by atoms with E-state index in [0.717, 1.165) is 19.3 Å². The van der Waals surface area contributed by atoms with Gasteiger partial charge in [0.25, 0.3) is 11.9 Å². The van der Waals surface area contributed by atoms with E-state index in [4.69, 9.17) is 5.41 Å². The standard InChI is InChI=1S/C23H39N6O4/c1-4-6-23(27-21(24)28-29(32)33,20(31)25-7-5-15(2)3)26-19(30)14-22-11-16-8-17(12-22)10-18(9-16)13-22/h7,15-18H,4-6,8-14H2,1-3H3,(H,25,31)(H,26,30)(H3,24,27,28)/t16?,17?,18?,22?,23-/m1/s1. The van der Waals surface area contributed by atoms with Gasteiger partial charge in [-0.25, -0.2) is 10.1 Å². The van der Waals surface area contributed by atoms with Crippen LogP contribution in [0.5, 0.6) is 0 Å². The number of nitro groups is 1. The van der Waals surface area contributed by atoms with Gasteiger partial charge in [-0.2, -0.15) is 0 Å². The zero-order chi connectivity index (χ0) is 24.2. The second-order valence-corrected chi connectivity index (χ2v) is 11.0. The number of nitrogens with zero attached hydrogens (tertiary/aromatic N) is 1. The van der Waals surface area contributed by atoms with Gasteiger partial charge in [-0.15, -0.1) is 0 Å². The summed E-state index contributed by atoms with van der Waals surface area (Å²) in [6, 6.07) is 0. The number of carbonyl (C=O) groups is 2. The third-order valence-electron chi connectivity index (χ3n) is 7.43. The Morgan fingerprint density at radius 1 is 1.15 bits per heavy atom. The third-order valence-corrected chi connectivity index (χ3v) is 7.43. The number of hydrogen-bond donors (Lipinski definition) is 5. The molecule has 0 saturated heterocycles. The van der Waals surface area contributed by atoms with Gasteiger partial charge in [0.05, 0.1) is 0 Å². The van der Waals surface area contributed by atoms with Crippen LogP contribution in [0.3, 0.4) is 0 Å². The van der Waals surface area contributed by atoms with Gasteiger partial charge in [-0.1, -0.05) is 32.6 Å². The van der Waals surface area contributed by atoms with Crippen LogP contribution >= 0.6 is 0 Å². The maximum absolute atomic E-state index is 13.3. The molecule has 2 amide bonds. The third kappa shape index (κ3) is 6.35. The minimum absolute atomic E-state index is 0.0103. The lowest BCUT2D eigenvalue weighted by Crippen LogP contribution is -2.70. The van der Waals surface area contributed by atoms with Crippen molar-refractivity contribution in [2.75, 3.05) is 0 Å². The molecule has 0 unspecified atom stereocenters. The predicted octanol–water partition coefficient (Wildman–Crippen LogP) is 2.84. The van der Waals surface area contributed by atoms with Gasteiger partial charge in [-0.3, -0.25) is 15.0 Å². The van der Waals surface area contributed by atoms with Crippen LogP contribution in [0, 0.1) is 51.2 Å². The van der Waals surface area contributed by atoms with Crippen molar-refractivity contribution in [2.24, 2.45) is 29.1 Å². The lowest BCUT2D eigenvalue weighted by Gasteiger charge is -2.56. The highest BCUT2D eigenvalue weighted by Gasteiger charge is 2.52. The topological polar surface area (TPSA) is 149 Å². The van der Waals surface area contributed by atoms with Gasteiger partial charge >= 0.3 is 0 Å². The summed E-state index contributed by atoms with van der Waals surface area (Å²) in [5.74, 6) is 1.02. The van der Waals surface area contributed by atoms with Crippen LogP contribution in [0.2, 0.25) is 0 Å². The molecule has 0 heterocycles. The summed E-state index contributed by atoms with van der Waals surface area (Å²) in [5, 5.41) is 26.1. The average Bonchev–Trinajstić information content (AvgIpc) is 2.65. The molecule has 1 atom stereocenters. The molecule has 0 aromatic carbocycles. The van der Waals surface area contributed by atoms with E-state index in [9.17, 15) is 19.7 Å². The minimum atomic E-state index is -1.65. The Kier molecular flexibility index (Phi) is 7.84. The maximum atomic E-state index is 13.3. The maximum Gasteiger partial charge on any atom is 0.266 e. The highest BCUT2D eigenvalue weighted by Crippen LogP contribution is 2.61. The Hall–Kier alpha value is -2.39. The monoisotopic (exact) mass is 463 g/mol. The Morgan fingerprint density at radius 2 is 1.73 bits per heavy atom. The molecule has 0 aliphatic heterocycles. The number of nitrogens with one attached hydrogen (secondary N) is 5. The van der Waals surface area contributed by atoms with Gasteiger partial charge in [0.1, 0.15) is 0 Å². The number of hydrazine groups is 1. The molecule has 4 rings (SSSR count). The first-order valence-corrected chi connectivity index (χ1v) is 12.3. The average molecular weight is 464 g/mol. The fourth-order valence-electron chi connectivity index (χ4n) is 6.73. The van der Waals surface area contributed by atoms with E-state index in [2.05, 4.69) is 16.0 Å². The van der Waals surface area contributed by atoms with E-state index >= 15 is 0 Å². The van der Waals surface area contributed by atoms with Crippen molar-refractivity contribution in [1.29, 1.82) is 5.41 Å². The predicted molar refractivity (Wildman–Crippen MR) is 124 cm³/mol. The van der Waals surface area contributed by atoms with Gasteiger partial charge in [0, 0.05) is 13.0 Å². The largest absolute Gasteiger partial charge is 0.348 e. The normalized spacial score (nSPS) is 29.3. The molecule has 4 bridgehead atoms. The van der Waals surface area contributed by atoms with Gasteiger partial charge in [0.15, 0.2) is 10.7 Å². The summed E-state index contributed by atoms with van der Waals surface area (Å²) in [6.45, 7) is 7.53. The molecule has 5 N–H and O–H groups in total. The van der Waals surface area contributed by atoms with Crippen LogP contribution in [-0.4, -0.2) is 28.5 Å². The van der Waals surface area contributed by atoms with Crippen LogP contribution in [0.15, 0.2) is 0 Å². The smallest absolute Gasteiger partial charge is 0.266 e. The van der Waals surface area contributed by atoms with Crippen LogP contribution in [0.1, 0.15) is 85.0 Å². The molecule has 4 aliphatic rings. The molecule has 4 fully saturated rings. The Bertz CT molecular complexity index is 735. The zero-order valence-electron chi connectivity index (χ0n) is 20.0. The van der Waals surface area contributed by atoms with Crippen LogP contribution < -0.4 is 21.4 Å². The molecule has 0 aromatic heterocycles. The van der Waals surface area contributed by atoms with Crippen molar-refractivity contribution >= 4 is 17.8 Å².